The number of carbonyl (C=O) groups is 2. The van der Waals surface area contributed by atoms with Crippen LogP contribution < -0.4 is 0 Å². The Balaban J connectivity index is 1.51. The van der Waals surface area contributed by atoms with Crippen molar-refractivity contribution in [1.29, 1.82) is 0 Å². The Kier molecular flexibility index (Phi) is 5.88. The van der Waals surface area contributed by atoms with E-state index < -0.39 is 0 Å². The zero-order valence-corrected chi connectivity index (χ0v) is 17.5. The van der Waals surface area contributed by atoms with E-state index in [1.807, 2.05) is 47.4 Å². The number of aromatic nitrogens is 2. The summed E-state index contributed by atoms with van der Waals surface area (Å²) in [5, 5.41) is 1.04. The van der Waals surface area contributed by atoms with Gasteiger partial charge in [0.1, 0.15) is 5.78 Å². The molecule has 3 aromatic rings. The van der Waals surface area contributed by atoms with Crippen molar-refractivity contribution < 1.29 is 9.59 Å². The molecule has 3 heterocycles. The van der Waals surface area contributed by atoms with Crippen LogP contribution in [0, 0.1) is 11.8 Å². The predicted molar refractivity (Wildman–Crippen MR) is 118 cm³/mol. The number of carbonyl (C=O) groups excluding carboxylic acids is 2. The number of fused-ring (bicyclic) bond motifs is 1. The van der Waals surface area contributed by atoms with E-state index in [1.165, 1.54) is 0 Å². The number of hydrogen-bond acceptors (Lipinski definition) is 4. The lowest BCUT2D eigenvalue weighted by atomic mass is 9.89. The van der Waals surface area contributed by atoms with E-state index in [1.54, 1.807) is 12.4 Å². The highest BCUT2D eigenvalue weighted by Gasteiger charge is 2.29. The number of benzene rings is 1. The highest BCUT2D eigenvalue weighted by molar-refractivity contribution is 5.96. The van der Waals surface area contributed by atoms with Crippen LogP contribution in [-0.4, -0.2) is 39.6 Å². The molecule has 0 spiro atoms. The van der Waals surface area contributed by atoms with E-state index in [0.717, 1.165) is 35.0 Å². The van der Waals surface area contributed by atoms with Gasteiger partial charge >= 0.3 is 0 Å². The van der Waals surface area contributed by atoms with E-state index in [0.29, 0.717) is 31.0 Å². The second-order valence-electron chi connectivity index (χ2n) is 8.46. The van der Waals surface area contributed by atoms with Crippen molar-refractivity contribution >= 4 is 22.6 Å². The molecule has 1 saturated heterocycles. The van der Waals surface area contributed by atoms with E-state index in [2.05, 4.69) is 23.8 Å². The summed E-state index contributed by atoms with van der Waals surface area (Å²) in [4.78, 5) is 36.3. The number of rotatable bonds is 5. The first-order valence-electron chi connectivity index (χ1n) is 10.6. The summed E-state index contributed by atoms with van der Waals surface area (Å²) in [6, 6.07) is 13.6. The van der Waals surface area contributed by atoms with Gasteiger partial charge in [-0.25, -0.2) is 0 Å². The third kappa shape index (κ3) is 4.25. The van der Waals surface area contributed by atoms with Crippen LogP contribution in [0.25, 0.3) is 22.2 Å². The Morgan fingerprint density at radius 3 is 2.73 bits per heavy atom. The zero-order chi connectivity index (χ0) is 21.1. The maximum atomic E-state index is 13.0. The summed E-state index contributed by atoms with van der Waals surface area (Å²) >= 11 is 0. The minimum absolute atomic E-state index is 0.0412. The van der Waals surface area contributed by atoms with Crippen molar-refractivity contribution in [2.45, 2.75) is 33.1 Å². The third-order valence-electron chi connectivity index (χ3n) is 5.71. The Labute approximate surface area is 177 Å². The van der Waals surface area contributed by atoms with E-state index in [-0.39, 0.29) is 17.6 Å². The number of amides is 1. The van der Waals surface area contributed by atoms with Crippen LogP contribution in [0.4, 0.5) is 0 Å². The van der Waals surface area contributed by atoms with Crippen LogP contribution in [0.15, 0.2) is 54.9 Å². The molecule has 0 aliphatic carbocycles. The SMILES string of the molecule is CC(C)CC(=O)C1CCCN(C(=O)c2ccc(-c3cccc4ncccc34)nc2)C1. The van der Waals surface area contributed by atoms with Gasteiger partial charge in [0, 0.05) is 48.8 Å². The molecular formula is C25H27N3O2. The first-order valence-corrected chi connectivity index (χ1v) is 10.6. The van der Waals surface area contributed by atoms with Crippen LogP contribution in [0.3, 0.4) is 0 Å². The van der Waals surface area contributed by atoms with Crippen LogP contribution in [0.2, 0.25) is 0 Å². The van der Waals surface area contributed by atoms with Crippen molar-refractivity contribution in [3.05, 3.63) is 60.4 Å². The molecule has 4 rings (SSSR count). The van der Waals surface area contributed by atoms with Crippen molar-refractivity contribution in [2.24, 2.45) is 11.8 Å². The van der Waals surface area contributed by atoms with Gasteiger partial charge in [-0.3, -0.25) is 19.6 Å². The van der Waals surface area contributed by atoms with Crippen molar-refractivity contribution in [2.75, 3.05) is 13.1 Å². The fourth-order valence-electron chi connectivity index (χ4n) is 4.18. The molecular weight excluding hydrogens is 374 g/mol. The Morgan fingerprint density at radius 2 is 1.97 bits per heavy atom. The van der Waals surface area contributed by atoms with Gasteiger partial charge in [0.2, 0.25) is 0 Å². The van der Waals surface area contributed by atoms with Gasteiger partial charge in [0.05, 0.1) is 16.8 Å². The molecule has 1 atom stereocenters. The fourth-order valence-corrected chi connectivity index (χ4v) is 4.18. The highest BCUT2D eigenvalue weighted by atomic mass is 16.2. The number of likely N-dealkylation sites (tertiary alicyclic amines) is 1. The molecule has 30 heavy (non-hydrogen) atoms. The van der Waals surface area contributed by atoms with Gasteiger partial charge in [-0.15, -0.1) is 0 Å². The summed E-state index contributed by atoms with van der Waals surface area (Å²) in [6.07, 6.45) is 5.75. The normalized spacial score (nSPS) is 16.8. The smallest absolute Gasteiger partial charge is 0.255 e. The van der Waals surface area contributed by atoms with E-state index in [9.17, 15) is 9.59 Å². The lowest BCUT2D eigenvalue weighted by molar-refractivity contribution is -0.124. The maximum absolute atomic E-state index is 13.0. The van der Waals surface area contributed by atoms with E-state index in [4.69, 9.17) is 0 Å². The minimum atomic E-state index is -0.0457. The highest BCUT2D eigenvalue weighted by Crippen LogP contribution is 2.27. The number of hydrogen-bond donors (Lipinski definition) is 0. The molecule has 154 valence electrons. The molecule has 5 nitrogen and oxygen atoms in total. The van der Waals surface area contributed by atoms with Crippen molar-refractivity contribution in [3.63, 3.8) is 0 Å². The number of Topliss-reactive ketones (excluding diaryl/α,β-unsaturated/α-hetero) is 1. The maximum Gasteiger partial charge on any atom is 0.255 e. The van der Waals surface area contributed by atoms with Crippen molar-refractivity contribution in [3.8, 4) is 11.3 Å². The van der Waals surface area contributed by atoms with Crippen molar-refractivity contribution in [1.82, 2.24) is 14.9 Å². The first kappa shape index (κ1) is 20.2. The standard InChI is InChI=1S/C25H27N3O2/c1-17(2)14-24(29)19-6-5-13-28(16-19)25(30)18-10-11-23(27-15-18)20-7-3-9-22-21(20)8-4-12-26-22/h3-4,7-12,15,17,19H,5-6,13-14,16H2,1-2H3. The van der Waals surface area contributed by atoms with Crippen LogP contribution in [0.1, 0.15) is 43.5 Å². The fraction of sp³-hybridized carbons (Fsp3) is 0.360. The van der Waals surface area contributed by atoms with Gasteiger partial charge in [-0.2, -0.15) is 0 Å². The third-order valence-corrected chi connectivity index (χ3v) is 5.71. The second-order valence-corrected chi connectivity index (χ2v) is 8.46. The molecule has 0 N–H and O–H groups in total. The molecule has 1 unspecified atom stereocenters. The van der Waals surface area contributed by atoms with Crippen LogP contribution in [-0.2, 0) is 4.79 Å². The number of pyridine rings is 2. The molecule has 0 radical (unpaired) electrons. The number of piperidine rings is 1. The Hall–Kier alpha value is -3.08. The summed E-state index contributed by atoms with van der Waals surface area (Å²) in [5.41, 5.74) is 3.29. The largest absolute Gasteiger partial charge is 0.338 e. The van der Waals surface area contributed by atoms with Gasteiger partial charge in [0.25, 0.3) is 5.91 Å². The molecule has 5 heteroatoms. The minimum Gasteiger partial charge on any atom is -0.338 e. The predicted octanol–water partition coefficient (Wildman–Crippen LogP) is 4.76. The lowest BCUT2D eigenvalue weighted by Gasteiger charge is -2.32. The molecule has 1 aliphatic heterocycles. The molecule has 0 saturated carbocycles. The zero-order valence-electron chi connectivity index (χ0n) is 17.5. The number of nitrogens with zero attached hydrogens (tertiary/aromatic N) is 3. The lowest BCUT2D eigenvalue weighted by Crippen LogP contribution is -2.42. The first-order chi connectivity index (χ1) is 14.5. The summed E-state index contributed by atoms with van der Waals surface area (Å²) in [6.45, 7) is 5.33. The molecule has 1 aliphatic rings. The Bertz CT molecular complexity index is 1050. The van der Waals surface area contributed by atoms with Gasteiger partial charge < -0.3 is 4.90 Å². The second kappa shape index (κ2) is 8.74. The van der Waals surface area contributed by atoms with Crippen LogP contribution in [0.5, 0.6) is 0 Å². The molecule has 0 bridgehead atoms. The quantitative estimate of drug-likeness (QED) is 0.618. The molecule has 1 aromatic carbocycles. The summed E-state index contributed by atoms with van der Waals surface area (Å²) in [7, 11) is 0. The summed E-state index contributed by atoms with van der Waals surface area (Å²) < 4.78 is 0. The van der Waals surface area contributed by atoms with Crippen LogP contribution >= 0.6 is 0 Å². The van der Waals surface area contributed by atoms with Gasteiger partial charge in [0.15, 0.2) is 0 Å². The monoisotopic (exact) mass is 401 g/mol. The number of ketones is 1. The van der Waals surface area contributed by atoms with Gasteiger partial charge in [-0.1, -0.05) is 32.0 Å². The molecule has 1 fully saturated rings. The Morgan fingerprint density at radius 1 is 1.10 bits per heavy atom. The average Bonchev–Trinajstić information content (AvgIpc) is 2.78. The average molecular weight is 402 g/mol. The van der Waals surface area contributed by atoms with Gasteiger partial charge in [-0.05, 0) is 43.0 Å². The summed E-state index contributed by atoms with van der Waals surface area (Å²) in [5.74, 6) is 0.543. The molecule has 2 aromatic heterocycles. The topological polar surface area (TPSA) is 63.2 Å². The molecule has 1 amide bonds. The van der Waals surface area contributed by atoms with E-state index >= 15 is 0 Å².